The molecule has 0 aliphatic carbocycles. The fourth-order valence-corrected chi connectivity index (χ4v) is 3.13. The summed E-state index contributed by atoms with van der Waals surface area (Å²) in [6, 6.07) is 3.55. The zero-order chi connectivity index (χ0) is 19.3. The molecule has 0 amide bonds. The van der Waals surface area contributed by atoms with Gasteiger partial charge in [-0.3, -0.25) is 4.98 Å². The van der Waals surface area contributed by atoms with Crippen LogP contribution >= 0.6 is 0 Å². The monoisotopic (exact) mass is 373 g/mol. The summed E-state index contributed by atoms with van der Waals surface area (Å²) in [7, 11) is 4.10. The summed E-state index contributed by atoms with van der Waals surface area (Å²) in [4.78, 5) is 16.9. The summed E-state index contributed by atoms with van der Waals surface area (Å²) in [5.74, 6) is -2.15. The van der Waals surface area contributed by atoms with E-state index in [1.54, 1.807) is 6.20 Å². The highest BCUT2D eigenvalue weighted by Gasteiger charge is 2.32. The van der Waals surface area contributed by atoms with Crippen molar-refractivity contribution in [1.29, 1.82) is 0 Å². The molecule has 0 N–H and O–H groups in total. The van der Waals surface area contributed by atoms with Gasteiger partial charge in [-0.2, -0.15) is 13.5 Å². The molecule has 0 saturated carbocycles. The van der Waals surface area contributed by atoms with Crippen molar-refractivity contribution in [1.82, 2.24) is 29.6 Å². The maximum absolute atomic E-state index is 13.7. The van der Waals surface area contributed by atoms with Gasteiger partial charge >= 0.3 is 0 Å². The lowest BCUT2D eigenvalue weighted by molar-refractivity contribution is 0.0126. The van der Waals surface area contributed by atoms with Crippen LogP contribution in [0.1, 0.15) is 18.3 Å². The number of alkyl halides is 2. The molecule has 7 nitrogen and oxygen atoms in total. The maximum Gasteiger partial charge on any atom is 0.287 e. The van der Waals surface area contributed by atoms with Gasteiger partial charge in [-0.1, -0.05) is 0 Å². The zero-order valence-electron chi connectivity index (χ0n) is 15.7. The third kappa shape index (κ3) is 3.12. The highest BCUT2D eigenvalue weighted by Crippen LogP contribution is 2.32. The van der Waals surface area contributed by atoms with Gasteiger partial charge in [0, 0.05) is 44.1 Å². The number of hydrogen-bond donors (Lipinski definition) is 0. The molecule has 27 heavy (non-hydrogen) atoms. The molecule has 1 aliphatic rings. The first-order chi connectivity index (χ1) is 12.7. The quantitative estimate of drug-likeness (QED) is 0.700. The Bertz CT molecular complexity index is 987. The van der Waals surface area contributed by atoms with Crippen molar-refractivity contribution in [3.05, 3.63) is 35.9 Å². The highest BCUT2D eigenvalue weighted by molar-refractivity contribution is 5.91. The number of aryl methyl sites for hydroxylation is 1. The summed E-state index contributed by atoms with van der Waals surface area (Å²) in [5.41, 5.74) is 1.23. The third-order valence-corrected chi connectivity index (χ3v) is 4.86. The van der Waals surface area contributed by atoms with Crippen molar-refractivity contribution in [3.63, 3.8) is 0 Å². The van der Waals surface area contributed by atoms with Crippen LogP contribution in [0.5, 0.6) is 0 Å². The number of rotatable bonds is 4. The van der Waals surface area contributed by atoms with Crippen LogP contribution in [0.15, 0.2) is 24.5 Å². The molecule has 3 aromatic heterocycles. The predicted molar refractivity (Wildman–Crippen MR) is 98.4 cm³/mol. The zero-order valence-corrected chi connectivity index (χ0v) is 15.7. The second-order valence-corrected chi connectivity index (χ2v) is 7.23. The Balaban J connectivity index is 1.81. The molecule has 4 heterocycles. The van der Waals surface area contributed by atoms with Gasteiger partial charge in [-0.15, -0.1) is 5.10 Å². The van der Waals surface area contributed by atoms with Crippen molar-refractivity contribution >= 4 is 16.7 Å². The molecular formula is C18H21F2N7. The highest BCUT2D eigenvalue weighted by atomic mass is 19.3. The minimum atomic E-state index is -3.04. The lowest BCUT2D eigenvalue weighted by Crippen LogP contribution is -2.57. The van der Waals surface area contributed by atoms with Gasteiger partial charge in [-0.05, 0) is 33.2 Å². The number of aromatic nitrogens is 5. The smallest absolute Gasteiger partial charge is 0.287 e. The van der Waals surface area contributed by atoms with E-state index in [2.05, 4.69) is 29.9 Å². The van der Waals surface area contributed by atoms with Gasteiger partial charge in [0.05, 0.1) is 10.9 Å². The van der Waals surface area contributed by atoms with Gasteiger partial charge in [-0.25, -0.2) is 9.97 Å². The van der Waals surface area contributed by atoms with E-state index in [0.29, 0.717) is 6.04 Å². The molecule has 9 heteroatoms. The number of pyridine rings is 1. The molecule has 0 atom stereocenters. The number of nitrogens with zero attached hydrogens (tertiary/aromatic N) is 7. The largest absolute Gasteiger partial charge is 0.351 e. The Kier molecular flexibility index (Phi) is 4.06. The van der Waals surface area contributed by atoms with Crippen LogP contribution in [0, 0.1) is 6.92 Å². The SMILES string of the molecule is Cc1cc2c(cn1)c(N1CC(N(C)C)C1)nn2-c1nccc(C(C)(F)F)n1. The lowest BCUT2D eigenvalue weighted by atomic mass is 10.1. The maximum atomic E-state index is 13.7. The number of likely N-dealkylation sites (N-methyl/N-ethyl adjacent to an activating group) is 1. The summed E-state index contributed by atoms with van der Waals surface area (Å²) in [6.45, 7) is 4.39. The number of anilines is 1. The summed E-state index contributed by atoms with van der Waals surface area (Å²) in [5, 5.41) is 5.51. The molecule has 0 bridgehead atoms. The van der Waals surface area contributed by atoms with E-state index < -0.39 is 5.92 Å². The predicted octanol–water partition coefficient (Wildman–Crippen LogP) is 2.38. The first kappa shape index (κ1) is 17.7. The Hall–Kier alpha value is -2.68. The van der Waals surface area contributed by atoms with Crippen molar-refractivity contribution in [3.8, 4) is 5.95 Å². The standard InChI is InChI=1S/C18H21F2N7/c1-11-7-14-13(8-22-11)16(26-9-12(10-26)25(3)4)24-27(14)17-21-6-5-15(23-17)18(2,19)20/h5-8,12H,9-10H2,1-4H3. The van der Waals surface area contributed by atoms with Crippen LogP contribution in [-0.4, -0.2) is 62.9 Å². The third-order valence-electron chi connectivity index (χ3n) is 4.86. The normalized spacial score (nSPS) is 15.6. The van der Waals surface area contributed by atoms with Gasteiger partial charge in [0.15, 0.2) is 5.82 Å². The Labute approximate surface area is 155 Å². The van der Waals surface area contributed by atoms with Gasteiger partial charge in [0.2, 0.25) is 0 Å². The van der Waals surface area contributed by atoms with Crippen LogP contribution in [0.4, 0.5) is 14.6 Å². The van der Waals surface area contributed by atoms with E-state index in [0.717, 1.165) is 42.4 Å². The molecule has 0 aromatic carbocycles. The van der Waals surface area contributed by atoms with Crippen molar-refractivity contribution in [2.75, 3.05) is 32.1 Å². The van der Waals surface area contributed by atoms with E-state index >= 15 is 0 Å². The molecule has 0 radical (unpaired) electrons. The Morgan fingerprint density at radius 2 is 1.96 bits per heavy atom. The fraction of sp³-hybridized carbons (Fsp3) is 0.444. The first-order valence-corrected chi connectivity index (χ1v) is 8.72. The fourth-order valence-electron chi connectivity index (χ4n) is 3.13. The summed E-state index contributed by atoms with van der Waals surface area (Å²) < 4.78 is 28.9. The summed E-state index contributed by atoms with van der Waals surface area (Å²) in [6.07, 6.45) is 3.10. The van der Waals surface area contributed by atoms with E-state index in [9.17, 15) is 8.78 Å². The molecule has 0 unspecified atom stereocenters. The molecule has 3 aromatic rings. The molecule has 1 saturated heterocycles. The Morgan fingerprint density at radius 1 is 1.22 bits per heavy atom. The van der Waals surface area contributed by atoms with Crippen LogP contribution in [0.2, 0.25) is 0 Å². The Morgan fingerprint density at radius 3 is 2.63 bits per heavy atom. The molecule has 1 aliphatic heterocycles. The van der Waals surface area contributed by atoms with Gasteiger partial charge in [0.1, 0.15) is 5.69 Å². The van der Waals surface area contributed by atoms with Crippen molar-refractivity contribution < 1.29 is 8.78 Å². The average molecular weight is 373 g/mol. The van der Waals surface area contributed by atoms with Crippen LogP contribution in [0.3, 0.4) is 0 Å². The molecule has 1 fully saturated rings. The summed E-state index contributed by atoms with van der Waals surface area (Å²) >= 11 is 0. The second kappa shape index (κ2) is 6.19. The molecule has 0 spiro atoms. The van der Waals surface area contributed by atoms with Crippen LogP contribution in [0.25, 0.3) is 16.9 Å². The van der Waals surface area contributed by atoms with E-state index in [1.165, 1.54) is 16.9 Å². The van der Waals surface area contributed by atoms with Gasteiger partial charge < -0.3 is 9.80 Å². The first-order valence-electron chi connectivity index (χ1n) is 8.72. The van der Waals surface area contributed by atoms with Gasteiger partial charge in [0.25, 0.3) is 11.9 Å². The van der Waals surface area contributed by atoms with Crippen LogP contribution < -0.4 is 4.90 Å². The van der Waals surface area contributed by atoms with E-state index in [1.807, 2.05) is 27.1 Å². The van der Waals surface area contributed by atoms with Crippen LogP contribution in [-0.2, 0) is 5.92 Å². The number of halogens is 2. The lowest BCUT2D eigenvalue weighted by Gasteiger charge is -2.43. The second-order valence-electron chi connectivity index (χ2n) is 7.23. The van der Waals surface area contributed by atoms with E-state index in [4.69, 9.17) is 0 Å². The number of fused-ring (bicyclic) bond motifs is 1. The minimum Gasteiger partial charge on any atom is -0.351 e. The minimum absolute atomic E-state index is 0.126. The topological polar surface area (TPSA) is 63.0 Å². The van der Waals surface area contributed by atoms with E-state index in [-0.39, 0.29) is 11.6 Å². The van der Waals surface area contributed by atoms with Crippen molar-refractivity contribution in [2.24, 2.45) is 0 Å². The molecular weight excluding hydrogens is 352 g/mol. The number of hydrogen-bond acceptors (Lipinski definition) is 6. The molecule has 4 rings (SSSR count). The van der Waals surface area contributed by atoms with Crippen molar-refractivity contribution in [2.45, 2.75) is 25.8 Å². The average Bonchev–Trinajstić information content (AvgIpc) is 2.91. The molecule has 142 valence electrons.